The third kappa shape index (κ3) is 3.57. The Balaban J connectivity index is 2.07. The molecule has 1 aliphatic carbocycles. The number of rotatable bonds is 4. The van der Waals surface area contributed by atoms with Gasteiger partial charge >= 0.3 is 0 Å². The van der Waals surface area contributed by atoms with Crippen LogP contribution in [0.2, 0.25) is 0 Å². The zero-order valence-corrected chi connectivity index (χ0v) is 11.8. The van der Waals surface area contributed by atoms with Crippen LogP contribution in [-0.2, 0) is 6.42 Å². The van der Waals surface area contributed by atoms with Gasteiger partial charge in [-0.3, -0.25) is 4.79 Å². The lowest BCUT2D eigenvalue weighted by molar-refractivity contribution is 0.0696. The number of nitrogens with zero attached hydrogens (tertiary/aromatic N) is 1. The van der Waals surface area contributed by atoms with Gasteiger partial charge in [-0.25, -0.2) is 0 Å². The van der Waals surface area contributed by atoms with E-state index in [1.54, 1.807) is 0 Å². The molecule has 2 N–H and O–H groups in total. The summed E-state index contributed by atoms with van der Waals surface area (Å²) >= 11 is 0. The number of carbonyl (C=O) groups is 1. The van der Waals surface area contributed by atoms with Crippen molar-refractivity contribution < 1.29 is 4.79 Å². The van der Waals surface area contributed by atoms with Gasteiger partial charge in [-0.05, 0) is 43.5 Å². The zero-order chi connectivity index (χ0) is 13.7. The van der Waals surface area contributed by atoms with Crippen LogP contribution in [0, 0.1) is 0 Å². The Kier molecular flexibility index (Phi) is 4.97. The lowest BCUT2D eigenvalue weighted by Crippen LogP contribution is -2.38. The predicted octanol–water partition coefficient (Wildman–Crippen LogP) is 2.59. The van der Waals surface area contributed by atoms with Crippen LogP contribution in [0.5, 0.6) is 0 Å². The van der Waals surface area contributed by atoms with E-state index in [-0.39, 0.29) is 5.91 Å². The van der Waals surface area contributed by atoms with E-state index in [1.165, 1.54) is 19.3 Å². The third-order valence-corrected chi connectivity index (χ3v) is 4.05. The van der Waals surface area contributed by atoms with Crippen LogP contribution in [0.25, 0.3) is 0 Å². The fourth-order valence-corrected chi connectivity index (χ4v) is 2.86. The average Bonchev–Trinajstić information content (AvgIpc) is 2.47. The molecule has 0 bridgehead atoms. The molecule has 0 spiro atoms. The molecule has 0 saturated heterocycles. The summed E-state index contributed by atoms with van der Waals surface area (Å²) in [6.45, 7) is 0.621. The minimum atomic E-state index is 0.144. The second-order valence-corrected chi connectivity index (χ2v) is 5.45. The highest BCUT2D eigenvalue weighted by atomic mass is 16.2. The van der Waals surface area contributed by atoms with Gasteiger partial charge in [-0.2, -0.15) is 0 Å². The summed E-state index contributed by atoms with van der Waals surface area (Å²) in [7, 11) is 1.94. The van der Waals surface area contributed by atoms with Crippen molar-refractivity contribution in [3.8, 4) is 0 Å². The topological polar surface area (TPSA) is 46.3 Å². The number of hydrogen-bond donors (Lipinski definition) is 1. The Hall–Kier alpha value is -1.35. The molecular formula is C16H24N2O. The van der Waals surface area contributed by atoms with Crippen LogP contribution in [0.4, 0.5) is 0 Å². The monoisotopic (exact) mass is 260 g/mol. The minimum absolute atomic E-state index is 0.144. The maximum Gasteiger partial charge on any atom is 0.253 e. The molecule has 0 radical (unpaired) electrons. The second kappa shape index (κ2) is 6.71. The summed E-state index contributed by atoms with van der Waals surface area (Å²) in [4.78, 5) is 14.4. The van der Waals surface area contributed by atoms with Crippen molar-refractivity contribution in [2.75, 3.05) is 13.6 Å². The van der Waals surface area contributed by atoms with Gasteiger partial charge in [0.1, 0.15) is 0 Å². The molecule has 3 heteroatoms. The molecule has 0 heterocycles. The second-order valence-electron chi connectivity index (χ2n) is 5.45. The molecule has 3 nitrogen and oxygen atoms in total. The highest BCUT2D eigenvalue weighted by molar-refractivity contribution is 5.94. The molecule has 1 aromatic rings. The first-order valence-corrected chi connectivity index (χ1v) is 7.28. The van der Waals surface area contributed by atoms with Crippen LogP contribution in [-0.4, -0.2) is 30.4 Å². The quantitative estimate of drug-likeness (QED) is 0.904. The Morgan fingerprint density at radius 3 is 2.74 bits per heavy atom. The predicted molar refractivity (Wildman–Crippen MR) is 78.2 cm³/mol. The summed E-state index contributed by atoms with van der Waals surface area (Å²) < 4.78 is 0. The Morgan fingerprint density at radius 1 is 1.32 bits per heavy atom. The first kappa shape index (κ1) is 14.1. The smallest absolute Gasteiger partial charge is 0.253 e. The summed E-state index contributed by atoms with van der Waals surface area (Å²) in [5, 5.41) is 0. The summed E-state index contributed by atoms with van der Waals surface area (Å²) in [5.74, 6) is 0.144. The molecule has 1 fully saturated rings. The minimum Gasteiger partial charge on any atom is -0.339 e. The highest BCUT2D eigenvalue weighted by Crippen LogP contribution is 2.23. The van der Waals surface area contributed by atoms with Gasteiger partial charge in [0, 0.05) is 18.7 Å². The van der Waals surface area contributed by atoms with Crippen LogP contribution >= 0.6 is 0 Å². The largest absolute Gasteiger partial charge is 0.339 e. The molecule has 104 valence electrons. The van der Waals surface area contributed by atoms with E-state index in [2.05, 4.69) is 0 Å². The molecule has 1 saturated carbocycles. The van der Waals surface area contributed by atoms with Crippen molar-refractivity contribution >= 4 is 5.91 Å². The Morgan fingerprint density at radius 2 is 2.05 bits per heavy atom. The third-order valence-electron chi connectivity index (χ3n) is 4.05. The van der Waals surface area contributed by atoms with Gasteiger partial charge in [0.25, 0.3) is 5.91 Å². The molecule has 2 rings (SSSR count). The van der Waals surface area contributed by atoms with Crippen molar-refractivity contribution in [3.63, 3.8) is 0 Å². The van der Waals surface area contributed by atoms with Gasteiger partial charge in [-0.1, -0.05) is 31.4 Å². The van der Waals surface area contributed by atoms with E-state index in [4.69, 9.17) is 5.73 Å². The summed E-state index contributed by atoms with van der Waals surface area (Å²) in [6, 6.07) is 8.28. The van der Waals surface area contributed by atoms with Crippen molar-refractivity contribution in [2.24, 2.45) is 5.73 Å². The molecule has 0 atom stereocenters. The number of amides is 1. The van der Waals surface area contributed by atoms with Crippen LogP contribution < -0.4 is 5.73 Å². The number of hydrogen-bond acceptors (Lipinski definition) is 2. The lowest BCUT2D eigenvalue weighted by atomic mass is 9.94. The van der Waals surface area contributed by atoms with Gasteiger partial charge in [0.05, 0.1) is 0 Å². The molecule has 0 aromatic heterocycles. The Labute approximate surface area is 115 Å². The normalized spacial score (nSPS) is 16.3. The molecule has 0 unspecified atom stereocenters. The SMILES string of the molecule is CN(C(=O)c1cccc(CCN)c1)C1CCCCC1. The van der Waals surface area contributed by atoms with Crippen molar-refractivity contribution in [1.29, 1.82) is 0 Å². The fraction of sp³-hybridized carbons (Fsp3) is 0.562. The molecule has 1 aliphatic rings. The highest BCUT2D eigenvalue weighted by Gasteiger charge is 2.22. The number of carbonyl (C=O) groups excluding carboxylic acids is 1. The molecule has 1 amide bonds. The van der Waals surface area contributed by atoms with Crippen molar-refractivity contribution in [3.05, 3.63) is 35.4 Å². The lowest BCUT2D eigenvalue weighted by Gasteiger charge is -2.31. The average molecular weight is 260 g/mol. The van der Waals surface area contributed by atoms with Gasteiger partial charge < -0.3 is 10.6 Å². The van der Waals surface area contributed by atoms with Crippen molar-refractivity contribution in [1.82, 2.24) is 4.90 Å². The van der Waals surface area contributed by atoms with Crippen LogP contribution in [0.1, 0.15) is 48.0 Å². The zero-order valence-electron chi connectivity index (χ0n) is 11.8. The summed E-state index contributed by atoms with van der Waals surface area (Å²) in [5.41, 5.74) is 7.50. The van der Waals surface area contributed by atoms with Crippen LogP contribution in [0.15, 0.2) is 24.3 Å². The maximum absolute atomic E-state index is 12.5. The summed E-state index contributed by atoms with van der Waals surface area (Å²) in [6.07, 6.45) is 6.92. The van der Waals surface area contributed by atoms with Gasteiger partial charge in [0.2, 0.25) is 0 Å². The fourth-order valence-electron chi connectivity index (χ4n) is 2.86. The van der Waals surface area contributed by atoms with E-state index in [0.29, 0.717) is 12.6 Å². The maximum atomic E-state index is 12.5. The van der Waals surface area contributed by atoms with E-state index >= 15 is 0 Å². The van der Waals surface area contributed by atoms with E-state index < -0.39 is 0 Å². The Bertz CT molecular complexity index is 425. The standard InChI is InChI=1S/C16H24N2O/c1-18(15-8-3-2-4-9-15)16(19)14-7-5-6-13(12-14)10-11-17/h5-7,12,15H,2-4,8-11,17H2,1H3. The number of nitrogens with two attached hydrogens (primary N) is 1. The molecule has 19 heavy (non-hydrogen) atoms. The van der Waals surface area contributed by atoms with Gasteiger partial charge in [0.15, 0.2) is 0 Å². The first-order chi connectivity index (χ1) is 9.22. The van der Waals surface area contributed by atoms with Gasteiger partial charge in [-0.15, -0.1) is 0 Å². The molecular weight excluding hydrogens is 236 g/mol. The first-order valence-electron chi connectivity index (χ1n) is 7.28. The molecule has 0 aliphatic heterocycles. The van der Waals surface area contributed by atoms with Crippen molar-refractivity contribution in [2.45, 2.75) is 44.6 Å². The van der Waals surface area contributed by atoms with E-state index in [1.807, 2.05) is 36.2 Å². The van der Waals surface area contributed by atoms with E-state index in [0.717, 1.165) is 30.4 Å². The number of benzene rings is 1. The van der Waals surface area contributed by atoms with E-state index in [9.17, 15) is 4.79 Å². The van der Waals surface area contributed by atoms with Crippen LogP contribution in [0.3, 0.4) is 0 Å². The molecule has 1 aromatic carbocycles.